The summed E-state index contributed by atoms with van der Waals surface area (Å²) in [6.45, 7) is 3.46. The zero-order valence-corrected chi connectivity index (χ0v) is 19.8. The second-order valence-corrected chi connectivity index (χ2v) is 11.4. The molecule has 0 bridgehead atoms. The Morgan fingerprint density at radius 1 is 1.12 bits per heavy atom. The molecule has 0 aliphatic heterocycles. The van der Waals surface area contributed by atoms with Crippen LogP contribution in [0.25, 0.3) is 10.2 Å². The SMILES string of the molecule is CC(C)S(=O)(=O)c1cccc(C(=O)N(Cc2cccnc2)c2nc3c(Cl)cccc3s2)c1. The Morgan fingerprint density at radius 3 is 2.59 bits per heavy atom. The number of benzene rings is 2. The van der Waals surface area contributed by atoms with Gasteiger partial charge >= 0.3 is 0 Å². The molecule has 0 N–H and O–H groups in total. The van der Waals surface area contributed by atoms with Gasteiger partial charge < -0.3 is 0 Å². The van der Waals surface area contributed by atoms with Crippen LogP contribution in [-0.2, 0) is 16.4 Å². The summed E-state index contributed by atoms with van der Waals surface area (Å²) < 4.78 is 26.1. The van der Waals surface area contributed by atoms with Crippen LogP contribution in [0, 0.1) is 0 Å². The molecule has 0 radical (unpaired) electrons. The third kappa shape index (κ3) is 4.39. The number of sulfone groups is 1. The number of rotatable bonds is 6. The number of halogens is 1. The normalized spacial score (nSPS) is 11.8. The number of hydrogen-bond donors (Lipinski definition) is 0. The predicted octanol–water partition coefficient (Wildman–Crippen LogP) is 5.37. The zero-order chi connectivity index (χ0) is 22.9. The van der Waals surface area contributed by atoms with Crippen LogP contribution in [-0.4, -0.2) is 29.5 Å². The van der Waals surface area contributed by atoms with E-state index in [1.807, 2.05) is 18.2 Å². The maximum atomic E-state index is 13.6. The minimum Gasteiger partial charge on any atom is -0.279 e. The molecule has 0 fully saturated rings. The van der Waals surface area contributed by atoms with Gasteiger partial charge in [-0.1, -0.05) is 41.1 Å². The molecule has 6 nitrogen and oxygen atoms in total. The quantitative estimate of drug-likeness (QED) is 0.366. The number of aromatic nitrogens is 2. The fourth-order valence-electron chi connectivity index (χ4n) is 3.15. The van der Waals surface area contributed by atoms with E-state index < -0.39 is 15.1 Å². The van der Waals surface area contributed by atoms with Crippen molar-refractivity contribution >= 4 is 54.0 Å². The van der Waals surface area contributed by atoms with Gasteiger partial charge in [0.1, 0.15) is 5.52 Å². The molecule has 1 amide bonds. The first-order chi connectivity index (χ1) is 15.3. The van der Waals surface area contributed by atoms with E-state index in [1.165, 1.54) is 28.4 Å². The molecular weight excluding hydrogens is 466 g/mol. The van der Waals surface area contributed by atoms with Gasteiger partial charge in [0.15, 0.2) is 15.0 Å². The molecule has 9 heteroatoms. The van der Waals surface area contributed by atoms with Crippen molar-refractivity contribution in [1.82, 2.24) is 9.97 Å². The minimum absolute atomic E-state index is 0.118. The van der Waals surface area contributed by atoms with Gasteiger partial charge in [0.05, 0.1) is 26.4 Å². The van der Waals surface area contributed by atoms with E-state index >= 15 is 0 Å². The maximum absolute atomic E-state index is 13.6. The fraction of sp³-hybridized carbons (Fsp3) is 0.174. The van der Waals surface area contributed by atoms with Gasteiger partial charge in [-0.25, -0.2) is 13.4 Å². The van der Waals surface area contributed by atoms with Crippen LogP contribution in [0.4, 0.5) is 5.13 Å². The summed E-state index contributed by atoms with van der Waals surface area (Å²) in [5, 5.41) is 0.383. The molecule has 164 valence electrons. The molecule has 0 saturated heterocycles. The lowest BCUT2D eigenvalue weighted by molar-refractivity contribution is 0.0985. The number of anilines is 1. The highest BCUT2D eigenvalue weighted by Gasteiger charge is 2.25. The Labute approximate surface area is 195 Å². The molecule has 2 aromatic heterocycles. The molecule has 0 saturated carbocycles. The molecule has 2 aromatic carbocycles. The average molecular weight is 486 g/mol. The highest BCUT2D eigenvalue weighted by molar-refractivity contribution is 7.92. The second kappa shape index (κ2) is 8.97. The number of hydrogen-bond acceptors (Lipinski definition) is 6. The Bertz CT molecular complexity index is 1390. The number of para-hydroxylation sites is 1. The van der Waals surface area contributed by atoms with Crippen molar-refractivity contribution in [3.05, 3.63) is 83.1 Å². The number of pyridine rings is 1. The van der Waals surface area contributed by atoms with E-state index in [2.05, 4.69) is 9.97 Å². The molecule has 4 rings (SSSR count). The van der Waals surface area contributed by atoms with Gasteiger partial charge in [-0.2, -0.15) is 0 Å². The largest absolute Gasteiger partial charge is 0.279 e. The maximum Gasteiger partial charge on any atom is 0.260 e. The smallest absolute Gasteiger partial charge is 0.260 e. The lowest BCUT2D eigenvalue weighted by atomic mass is 10.2. The van der Waals surface area contributed by atoms with E-state index in [4.69, 9.17) is 11.6 Å². The zero-order valence-electron chi connectivity index (χ0n) is 17.4. The summed E-state index contributed by atoms with van der Waals surface area (Å²) in [5.41, 5.74) is 1.70. The van der Waals surface area contributed by atoms with Crippen LogP contribution in [0.5, 0.6) is 0 Å². The molecule has 0 atom stereocenters. The standard InChI is InChI=1S/C23H20ClN3O3S2/c1-15(2)32(29,30)18-8-3-7-17(12-18)22(28)27(14-16-6-5-11-25-13-16)23-26-21-19(24)9-4-10-20(21)31-23/h3-13,15H,14H2,1-2H3. The number of carbonyl (C=O) groups excluding carboxylic acids is 1. The van der Waals surface area contributed by atoms with E-state index in [1.54, 1.807) is 50.5 Å². The first-order valence-electron chi connectivity index (χ1n) is 9.87. The summed E-state index contributed by atoms with van der Waals surface area (Å²) in [7, 11) is -3.52. The summed E-state index contributed by atoms with van der Waals surface area (Å²) in [5.74, 6) is -0.357. The van der Waals surface area contributed by atoms with Crippen LogP contribution in [0.3, 0.4) is 0 Å². The Hall–Kier alpha value is -2.81. The average Bonchev–Trinajstić information content (AvgIpc) is 3.23. The van der Waals surface area contributed by atoms with Gasteiger partial charge in [0.2, 0.25) is 0 Å². The molecule has 32 heavy (non-hydrogen) atoms. The molecule has 0 aliphatic carbocycles. The van der Waals surface area contributed by atoms with Crippen LogP contribution in [0.1, 0.15) is 29.8 Å². The van der Waals surface area contributed by atoms with Gasteiger partial charge in [0.25, 0.3) is 5.91 Å². The fourth-order valence-corrected chi connectivity index (χ4v) is 5.52. The highest BCUT2D eigenvalue weighted by atomic mass is 35.5. The van der Waals surface area contributed by atoms with Crippen molar-refractivity contribution in [3.63, 3.8) is 0 Å². The van der Waals surface area contributed by atoms with E-state index in [0.717, 1.165) is 10.3 Å². The summed E-state index contributed by atoms with van der Waals surface area (Å²) >= 11 is 7.64. The Morgan fingerprint density at radius 2 is 1.91 bits per heavy atom. The minimum atomic E-state index is -3.52. The summed E-state index contributed by atoms with van der Waals surface area (Å²) in [6.07, 6.45) is 3.34. The summed E-state index contributed by atoms with van der Waals surface area (Å²) in [6, 6.07) is 15.3. The third-order valence-electron chi connectivity index (χ3n) is 4.93. The molecular formula is C23H20ClN3O3S2. The van der Waals surface area contributed by atoms with Crippen LogP contribution in [0.2, 0.25) is 5.02 Å². The number of carbonyl (C=O) groups is 1. The molecule has 0 spiro atoms. The van der Waals surface area contributed by atoms with Crippen molar-refractivity contribution in [2.24, 2.45) is 0 Å². The lowest BCUT2D eigenvalue weighted by Crippen LogP contribution is -2.30. The van der Waals surface area contributed by atoms with E-state index in [9.17, 15) is 13.2 Å². The first kappa shape index (κ1) is 22.4. The van der Waals surface area contributed by atoms with Crippen molar-refractivity contribution < 1.29 is 13.2 Å². The molecule has 0 aliphatic rings. The van der Waals surface area contributed by atoms with Gasteiger partial charge in [-0.3, -0.25) is 14.7 Å². The van der Waals surface area contributed by atoms with Crippen LogP contribution >= 0.6 is 22.9 Å². The Balaban J connectivity index is 1.79. The number of fused-ring (bicyclic) bond motifs is 1. The topological polar surface area (TPSA) is 80.2 Å². The number of nitrogens with zero attached hydrogens (tertiary/aromatic N) is 3. The number of thiazole rings is 1. The number of amides is 1. The van der Waals surface area contributed by atoms with Crippen LogP contribution < -0.4 is 4.90 Å². The van der Waals surface area contributed by atoms with Crippen molar-refractivity contribution in [2.45, 2.75) is 30.5 Å². The van der Waals surface area contributed by atoms with Gasteiger partial charge in [0, 0.05) is 18.0 Å². The lowest BCUT2D eigenvalue weighted by Gasteiger charge is -2.20. The van der Waals surface area contributed by atoms with E-state index in [-0.39, 0.29) is 22.9 Å². The second-order valence-electron chi connectivity index (χ2n) is 7.46. The monoisotopic (exact) mass is 485 g/mol. The first-order valence-corrected chi connectivity index (χ1v) is 12.6. The van der Waals surface area contributed by atoms with Crippen molar-refractivity contribution in [3.8, 4) is 0 Å². The third-order valence-corrected chi connectivity index (χ3v) is 8.43. The van der Waals surface area contributed by atoms with Crippen molar-refractivity contribution in [2.75, 3.05) is 4.90 Å². The summed E-state index contributed by atoms with van der Waals surface area (Å²) in [4.78, 5) is 24.0. The van der Waals surface area contributed by atoms with Gasteiger partial charge in [-0.05, 0) is 55.8 Å². The molecule has 4 aromatic rings. The predicted molar refractivity (Wildman–Crippen MR) is 128 cm³/mol. The molecule has 0 unspecified atom stereocenters. The van der Waals surface area contributed by atoms with Gasteiger partial charge in [-0.15, -0.1) is 0 Å². The van der Waals surface area contributed by atoms with Crippen LogP contribution in [0.15, 0.2) is 71.9 Å². The van der Waals surface area contributed by atoms with Crippen molar-refractivity contribution in [1.29, 1.82) is 0 Å². The Kier molecular flexibility index (Phi) is 6.28. The highest BCUT2D eigenvalue weighted by Crippen LogP contribution is 2.34. The van der Waals surface area contributed by atoms with E-state index in [0.29, 0.717) is 15.7 Å². The molecule has 2 heterocycles.